The molecule has 3 rings (SSSR count). The van der Waals surface area contributed by atoms with Crippen LogP contribution in [0.4, 0.5) is 0 Å². The number of hydrogen-bond donors (Lipinski definition) is 1. The molecule has 0 aliphatic carbocycles. The number of carbonyl (C=O) groups is 1. The van der Waals surface area contributed by atoms with Crippen LogP contribution in [0.1, 0.15) is 37.9 Å². The first kappa shape index (κ1) is 23.3. The molecule has 2 aromatic rings. The van der Waals surface area contributed by atoms with Gasteiger partial charge in [0, 0.05) is 5.56 Å². The molecule has 1 N–H and O–H groups in total. The maximum atomic E-state index is 12.6. The number of aliphatic imine (C=N–C) groups is 1. The van der Waals surface area contributed by atoms with Crippen molar-refractivity contribution in [1.29, 1.82) is 0 Å². The van der Waals surface area contributed by atoms with Gasteiger partial charge in [0.1, 0.15) is 18.1 Å². The number of allylic oxidation sites excluding steroid dienone is 1. The summed E-state index contributed by atoms with van der Waals surface area (Å²) in [6.07, 6.45) is 0. The van der Waals surface area contributed by atoms with E-state index in [1.54, 1.807) is 14.0 Å². The van der Waals surface area contributed by atoms with Crippen molar-refractivity contribution in [2.45, 2.75) is 33.4 Å². The van der Waals surface area contributed by atoms with Gasteiger partial charge in [-0.2, -0.15) is 0 Å². The molecule has 1 aliphatic rings. The SMILES string of the molecule is CCOC(=O)C1=C(C)N=C(C)NC1c1ccccc1OCc1ccc(OC)cc1.Cl. The summed E-state index contributed by atoms with van der Waals surface area (Å²) in [6, 6.07) is 15.0. The van der Waals surface area contributed by atoms with Crippen LogP contribution in [0.25, 0.3) is 0 Å². The number of esters is 1. The highest BCUT2D eigenvalue weighted by Crippen LogP contribution is 2.34. The van der Waals surface area contributed by atoms with Gasteiger partial charge < -0.3 is 19.5 Å². The Bertz CT molecular complexity index is 938. The minimum Gasteiger partial charge on any atom is -0.497 e. The van der Waals surface area contributed by atoms with E-state index in [9.17, 15) is 4.79 Å². The molecule has 6 nitrogen and oxygen atoms in total. The molecule has 1 atom stereocenters. The van der Waals surface area contributed by atoms with E-state index in [1.165, 1.54) is 0 Å². The van der Waals surface area contributed by atoms with E-state index in [4.69, 9.17) is 14.2 Å². The average Bonchev–Trinajstić information content (AvgIpc) is 2.72. The largest absolute Gasteiger partial charge is 0.497 e. The summed E-state index contributed by atoms with van der Waals surface area (Å²) < 4.78 is 16.6. The van der Waals surface area contributed by atoms with Crippen LogP contribution in [0.15, 0.2) is 64.8 Å². The highest BCUT2D eigenvalue weighted by atomic mass is 35.5. The molecule has 0 fully saturated rings. The summed E-state index contributed by atoms with van der Waals surface area (Å²) in [6.45, 7) is 6.20. The number of carbonyl (C=O) groups excluding carboxylic acids is 1. The van der Waals surface area contributed by atoms with E-state index in [0.717, 1.165) is 22.7 Å². The summed E-state index contributed by atoms with van der Waals surface area (Å²) in [5.74, 6) is 1.87. The van der Waals surface area contributed by atoms with Gasteiger partial charge >= 0.3 is 5.97 Å². The van der Waals surface area contributed by atoms with E-state index in [0.29, 0.717) is 30.2 Å². The van der Waals surface area contributed by atoms with Crippen molar-refractivity contribution in [1.82, 2.24) is 5.32 Å². The predicted molar refractivity (Wildman–Crippen MR) is 119 cm³/mol. The standard InChI is InChI=1S/C23H26N2O4.ClH/c1-5-28-23(26)21-15(2)24-16(3)25-22(21)19-8-6-7-9-20(19)29-14-17-10-12-18(27-4)13-11-17;/h6-13,22H,5,14H2,1-4H3,(H,24,25);1H. The summed E-state index contributed by atoms with van der Waals surface area (Å²) in [5.41, 5.74) is 3.03. The number of methoxy groups -OCH3 is 1. The van der Waals surface area contributed by atoms with Gasteiger partial charge in [-0.3, -0.25) is 0 Å². The Morgan fingerprint density at radius 1 is 1.10 bits per heavy atom. The minimum atomic E-state index is -0.390. The Balaban J connectivity index is 0.00000320. The molecule has 0 aromatic heterocycles. The van der Waals surface area contributed by atoms with Gasteiger partial charge in [0.15, 0.2) is 0 Å². The molecular weight excluding hydrogens is 404 g/mol. The summed E-state index contributed by atoms with van der Waals surface area (Å²) in [7, 11) is 1.64. The lowest BCUT2D eigenvalue weighted by atomic mass is 9.95. The van der Waals surface area contributed by atoms with Crippen molar-refractivity contribution in [3.8, 4) is 11.5 Å². The van der Waals surface area contributed by atoms with Gasteiger partial charge in [-0.1, -0.05) is 30.3 Å². The second-order valence-corrected chi connectivity index (χ2v) is 6.67. The van der Waals surface area contributed by atoms with Crippen LogP contribution in [0.5, 0.6) is 11.5 Å². The van der Waals surface area contributed by atoms with Crippen LogP contribution in [0, 0.1) is 0 Å². The molecule has 7 heteroatoms. The molecule has 2 aromatic carbocycles. The molecule has 0 saturated heterocycles. The minimum absolute atomic E-state index is 0. The van der Waals surface area contributed by atoms with Crippen molar-refractivity contribution in [2.24, 2.45) is 4.99 Å². The number of nitrogens with one attached hydrogen (secondary N) is 1. The number of amidine groups is 1. The van der Waals surface area contributed by atoms with E-state index >= 15 is 0 Å². The first-order chi connectivity index (χ1) is 14.0. The molecule has 0 radical (unpaired) electrons. The first-order valence-electron chi connectivity index (χ1n) is 9.57. The van der Waals surface area contributed by atoms with Crippen LogP contribution in [-0.2, 0) is 16.1 Å². The van der Waals surface area contributed by atoms with Gasteiger partial charge in [-0.15, -0.1) is 12.4 Å². The predicted octanol–water partition coefficient (Wildman–Crippen LogP) is 4.60. The molecule has 1 aliphatic heterocycles. The number of para-hydroxylation sites is 1. The fourth-order valence-electron chi connectivity index (χ4n) is 3.27. The maximum absolute atomic E-state index is 12.6. The zero-order valence-electron chi connectivity index (χ0n) is 17.6. The van der Waals surface area contributed by atoms with Crippen LogP contribution in [0.3, 0.4) is 0 Å². The third kappa shape index (κ3) is 5.33. The second-order valence-electron chi connectivity index (χ2n) is 6.67. The number of hydrogen-bond acceptors (Lipinski definition) is 6. The van der Waals surface area contributed by atoms with E-state index < -0.39 is 6.04 Å². The maximum Gasteiger partial charge on any atom is 0.338 e. The van der Waals surface area contributed by atoms with Crippen molar-refractivity contribution in [2.75, 3.05) is 13.7 Å². The monoisotopic (exact) mass is 430 g/mol. The highest BCUT2D eigenvalue weighted by molar-refractivity contribution is 5.95. The van der Waals surface area contributed by atoms with Crippen molar-refractivity contribution in [3.05, 3.63) is 70.9 Å². The number of nitrogens with zero attached hydrogens (tertiary/aromatic N) is 1. The van der Waals surface area contributed by atoms with Crippen LogP contribution in [-0.4, -0.2) is 25.5 Å². The fraction of sp³-hybridized carbons (Fsp3) is 0.304. The summed E-state index contributed by atoms with van der Waals surface area (Å²) in [4.78, 5) is 17.0. The van der Waals surface area contributed by atoms with Gasteiger partial charge in [0.25, 0.3) is 0 Å². The number of ether oxygens (including phenoxy) is 3. The Kier molecular flexibility index (Phi) is 8.30. The second kappa shape index (κ2) is 10.7. The lowest BCUT2D eigenvalue weighted by Gasteiger charge is -2.28. The summed E-state index contributed by atoms with van der Waals surface area (Å²) in [5, 5.41) is 3.30. The zero-order chi connectivity index (χ0) is 20.8. The Labute approximate surface area is 183 Å². The van der Waals surface area contributed by atoms with E-state index in [-0.39, 0.29) is 18.4 Å². The zero-order valence-corrected chi connectivity index (χ0v) is 18.4. The Morgan fingerprint density at radius 3 is 2.47 bits per heavy atom. The van der Waals surface area contributed by atoms with Crippen molar-refractivity contribution >= 4 is 24.2 Å². The molecular formula is C23H27ClN2O4. The van der Waals surface area contributed by atoms with Gasteiger partial charge in [0.2, 0.25) is 0 Å². The molecule has 0 amide bonds. The van der Waals surface area contributed by atoms with Crippen molar-refractivity contribution in [3.63, 3.8) is 0 Å². The third-order valence-electron chi connectivity index (χ3n) is 4.65. The van der Waals surface area contributed by atoms with Gasteiger partial charge in [0.05, 0.1) is 36.9 Å². The molecule has 1 unspecified atom stereocenters. The van der Waals surface area contributed by atoms with Crippen LogP contribution in [0.2, 0.25) is 0 Å². The third-order valence-corrected chi connectivity index (χ3v) is 4.65. The summed E-state index contributed by atoms with van der Waals surface area (Å²) >= 11 is 0. The average molecular weight is 431 g/mol. The molecule has 1 heterocycles. The Hall–Kier alpha value is -2.99. The number of rotatable bonds is 7. The molecule has 0 spiro atoms. The van der Waals surface area contributed by atoms with E-state index in [2.05, 4.69) is 10.3 Å². The van der Waals surface area contributed by atoms with Gasteiger partial charge in [-0.05, 0) is 44.5 Å². The molecule has 30 heavy (non-hydrogen) atoms. The topological polar surface area (TPSA) is 69.2 Å². The lowest BCUT2D eigenvalue weighted by Crippen LogP contribution is -2.35. The fourth-order valence-corrected chi connectivity index (χ4v) is 3.27. The quantitative estimate of drug-likeness (QED) is 0.650. The van der Waals surface area contributed by atoms with Crippen LogP contribution < -0.4 is 14.8 Å². The Morgan fingerprint density at radius 2 is 1.80 bits per heavy atom. The molecule has 0 bridgehead atoms. The smallest absolute Gasteiger partial charge is 0.338 e. The normalized spacial score (nSPS) is 15.5. The molecule has 0 saturated carbocycles. The number of halogens is 1. The number of benzene rings is 2. The van der Waals surface area contributed by atoms with Crippen molar-refractivity contribution < 1.29 is 19.0 Å². The van der Waals surface area contributed by atoms with Crippen LogP contribution >= 0.6 is 12.4 Å². The van der Waals surface area contributed by atoms with E-state index in [1.807, 2.05) is 62.4 Å². The molecule has 160 valence electrons. The highest BCUT2D eigenvalue weighted by Gasteiger charge is 2.31. The lowest BCUT2D eigenvalue weighted by molar-refractivity contribution is -0.139. The first-order valence-corrected chi connectivity index (χ1v) is 9.57. The van der Waals surface area contributed by atoms with Gasteiger partial charge in [-0.25, -0.2) is 9.79 Å².